The largest absolute Gasteiger partial charge is 0.422 e. The standard InChI is InChI=1S/C25H29N3O3/c1-18(28-14-12-27(2)13-15-28)10-11-26-24(29)21-8-5-7-19(16-21)22-17-20-6-3-4-9-23(20)31-25(22)30/h3-9,16-18H,10-15H2,1-2H3,(H,26,29). The predicted octanol–water partition coefficient (Wildman–Crippen LogP) is 3.22. The van der Waals surface area contributed by atoms with E-state index in [1.54, 1.807) is 24.3 Å². The molecule has 2 aromatic carbocycles. The van der Waals surface area contributed by atoms with Gasteiger partial charge in [-0.2, -0.15) is 0 Å². The third kappa shape index (κ3) is 5.03. The number of fused-ring (bicyclic) bond motifs is 1. The van der Waals surface area contributed by atoms with E-state index in [0.717, 1.165) is 38.0 Å². The number of carbonyl (C=O) groups is 1. The molecule has 1 atom stereocenters. The Balaban J connectivity index is 1.41. The fraction of sp³-hybridized carbons (Fsp3) is 0.360. The van der Waals surface area contributed by atoms with Crippen LogP contribution < -0.4 is 10.9 Å². The third-order valence-electron chi connectivity index (χ3n) is 6.09. The summed E-state index contributed by atoms with van der Waals surface area (Å²) in [7, 11) is 2.15. The molecule has 1 N–H and O–H groups in total. The SMILES string of the molecule is CC(CCNC(=O)c1cccc(-c2cc3ccccc3oc2=O)c1)N1CCN(C)CC1. The van der Waals surface area contributed by atoms with Crippen LogP contribution in [0.15, 0.2) is 63.8 Å². The van der Waals surface area contributed by atoms with Crippen molar-refractivity contribution in [1.82, 2.24) is 15.1 Å². The Hall–Kier alpha value is -2.96. The predicted molar refractivity (Wildman–Crippen MR) is 123 cm³/mol. The summed E-state index contributed by atoms with van der Waals surface area (Å²) < 4.78 is 5.44. The second-order valence-corrected chi connectivity index (χ2v) is 8.30. The van der Waals surface area contributed by atoms with Gasteiger partial charge in [-0.25, -0.2) is 4.79 Å². The maximum atomic E-state index is 12.7. The Kier molecular flexibility index (Phi) is 6.49. The minimum absolute atomic E-state index is 0.127. The van der Waals surface area contributed by atoms with Crippen molar-refractivity contribution >= 4 is 16.9 Å². The Bertz CT molecular complexity index is 1120. The van der Waals surface area contributed by atoms with Gasteiger partial charge in [0.2, 0.25) is 0 Å². The fourth-order valence-electron chi connectivity index (χ4n) is 4.03. The van der Waals surface area contributed by atoms with Crippen molar-refractivity contribution in [2.75, 3.05) is 39.8 Å². The van der Waals surface area contributed by atoms with Crippen molar-refractivity contribution < 1.29 is 9.21 Å². The molecule has 3 aromatic rings. The van der Waals surface area contributed by atoms with E-state index in [-0.39, 0.29) is 5.91 Å². The number of nitrogens with one attached hydrogen (secondary N) is 1. The number of hydrogen-bond acceptors (Lipinski definition) is 5. The first-order valence-corrected chi connectivity index (χ1v) is 10.9. The van der Waals surface area contributed by atoms with Gasteiger partial charge in [-0.1, -0.05) is 30.3 Å². The smallest absolute Gasteiger partial charge is 0.344 e. The minimum Gasteiger partial charge on any atom is -0.422 e. The van der Waals surface area contributed by atoms with Crippen LogP contribution >= 0.6 is 0 Å². The van der Waals surface area contributed by atoms with Crippen LogP contribution in [0.5, 0.6) is 0 Å². The van der Waals surface area contributed by atoms with Crippen molar-refractivity contribution in [3.63, 3.8) is 0 Å². The van der Waals surface area contributed by atoms with E-state index < -0.39 is 5.63 Å². The molecule has 1 amide bonds. The number of amides is 1. The molecule has 6 heteroatoms. The number of benzene rings is 2. The Morgan fingerprint density at radius 1 is 1.06 bits per heavy atom. The summed E-state index contributed by atoms with van der Waals surface area (Å²) in [5.41, 5.74) is 1.82. The van der Waals surface area contributed by atoms with Gasteiger partial charge in [0, 0.05) is 49.7 Å². The number of para-hydroxylation sites is 1. The van der Waals surface area contributed by atoms with Gasteiger partial charge in [0.25, 0.3) is 5.91 Å². The highest BCUT2D eigenvalue weighted by atomic mass is 16.4. The number of nitrogens with zero attached hydrogens (tertiary/aromatic N) is 2. The summed E-state index contributed by atoms with van der Waals surface area (Å²) in [4.78, 5) is 30.0. The molecule has 1 aliphatic heterocycles. The molecule has 1 aromatic heterocycles. The fourth-order valence-corrected chi connectivity index (χ4v) is 4.03. The lowest BCUT2D eigenvalue weighted by molar-refractivity contribution is 0.0935. The normalized spacial score (nSPS) is 16.3. The zero-order chi connectivity index (χ0) is 21.8. The Morgan fingerprint density at radius 3 is 2.65 bits per heavy atom. The molecule has 1 fully saturated rings. The molecule has 2 heterocycles. The Labute approximate surface area is 182 Å². The molecule has 4 rings (SSSR count). The summed E-state index contributed by atoms with van der Waals surface area (Å²) >= 11 is 0. The highest BCUT2D eigenvalue weighted by Gasteiger charge is 2.19. The molecule has 1 saturated heterocycles. The zero-order valence-corrected chi connectivity index (χ0v) is 18.1. The zero-order valence-electron chi connectivity index (χ0n) is 18.1. The second-order valence-electron chi connectivity index (χ2n) is 8.30. The number of rotatable bonds is 6. The van der Waals surface area contributed by atoms with Gasteiger partial charge in [-0.3, -0.25) is 9.69 Å². The summed E-state index contributed by atoms with van der Waals surface area (Å²) in [6.07, 6.45) is 0.906. The van der Waals surface area contributed by atoms with E-state index in [9.17, 15) is 9.59 Å². The average Bonchev–Trinajstić information content (AvgIpc) is 2.79. The van der Waals surface area contributed by atoms with E-state index in [1.807, 2.05) is 30.3 Å². The summed E-state index contributed by atoms with van der Waals surface area (Å²) in [5, 5.41) is 3.87. The van der Waals surface area contributed by atoms with Crippen LogP contribution in [-0.2, 0) is 0 Å². The van der Waals surface area contributed by atoms with Gasteiger partial charge >= 0.3 is 5.63 Å². The highest BCUT2D eigenvalue weighted by molar-refractivity contribution is 5.95. The number of piperazine rings is 1. The summed E-state index contributed by atoms with van der Waals surface area (Å²) in [6.45, 7) is 7.16. The van der Waals surface area contributed by atoms with Crippen LogP contribution in [0.3, 0.4) is 0 Å². The highest BCUT2D eigenvalue weighted by Crippen LogP contribution is 2.22. The van der Waals surface area contributed by atoms with Gasteiger partial charge in [0.1, 0.15) is 5.58 Å². The molecule has 0 spiro atoms. The first-order chi connectivity index (χ1) is 15.0. The number of carbonyl (C=O) groups excluding carboxylic acids is 1. The molecule has 1 unspecified atom stereocenters. The van der Waals surface area contributed by atoms with Crippen LogP contribution in [-0.4, -0.2) is 61.5 Å². The molecule has 31 heavy (non-hydrogen) atoms. The molecular formula is C25H29N3O3. The van der Waals surface area contributed by atoms with Crippen LogP contribution in [0.1, 0.15) is 23.7 Å². The maximum absolute atomic E-state index is 12.7. The van der Waals surface area contributed by atoms with Gasteiger partial charge in [0.05, 0.1) is 5.56 Å². The van der Waals surface area contributed by atoms with E-state index >= 15 is 0 Å². The van der Waals surface area contributed by atoms with Gasteiger partial charge in [0.15, 0.2) is 0 Å². The van der Waals surface area contributed by atoms with Crippen molar-refractivity contribution in [2.24, 2.45) is 0 Å². The monoisotopic (exact) mass is 419 g/mol. The molecule has 0 saturated carbocycles. The summed E-state index contributed by atoms with van der Waals surface area (Å²) in [6, 6.07) is 16.8. The maximum Gasteiger partial charge on any atom is 0.344 e. The minimum atomic E-state index is -0.405. The molecule has 0 bridgehead atoms. The summed E-state index contributed by atoms with van der Waals surface area (Å²) in [5.74, 6) is -0.127. The lowest BCUT2D eigenvalue weighted by Crippen LogP contribution is -2.48. The third-order valence-corrected chi connectivity index (χ3v) is 6.09. The van der Waals surface area contributed by atoms with Crippen molar-refractivity contribution in [3.05, 3.63) is 70.6 Å². The van der Waals surface area contributed by atoms with Gasteiger partial charge in [-0.05, 0) is 50.2 Å². The molecule has 1 aliphatic rings. The molecule has 0 aliphatic carbocycles. The molecule has 162 valence electrons. The Morgan fingerprint density at radius 2 is 1.84 bits per heavy atom. The van der Waals surface area contributed by atoms with Gasteiger partial charge in [-0.15, -0.1) is 0 Å². The topological polar surface area (TPSA) is 65.8 Å². The molecule has 0 radical (unpaired) electrons. The quantitative estimate of drug-likeness (QED) is 0.622. The van der Waals surface area contributed by atoms with Gasteiger partial charge < -0.3 is 14.6 Å². The van der Waals surface area contributed by atoms with E-state index in [2.05, 4.69) is 29.1 Å². The van der Waals surface area contributed by atoms with Crippen LogP contribution in [0.2, 0.25) is 0 Å². The van der Waals surface area contributed by atoms with E-state index in [0.29, 0.717) is 34.9 Å². The second kappa shape index (κ2) is 9.45. The lowest BCUT2D eigenvalue weighted by atomic mass is 10.0. The number of hydrogen-bond donors (Lipinski definition) is 1. The van der Waals surface area contributed by atoms with Crippen LogP contribution in [0.25, 0.3) is 22.1 Å². The first kappa shape index (κ1) is 21.3. The van der Waals surface area contributed by atoms with Crippen molar-refractivity contribution in [2.45, 2.75) is 19.4 Å². The molecule has 6 nitrogen and oxygen atoms in total. The number of likely N-dealkylation sites (N-methyl/N-ethyl adjacent to an activating group) is 1. The molecular weight excluding hydrogens is 390 g/mol. The van der Waals surface area contributed by atoms with Crippen molar-refractivity contribution in [3.8, 4) is 11.1 Å². The van der Waals surface area contributed by atoms with Crippen molar-refractivity contribution in [1.29, 1.82) is 0 Å². The van der Waals surface area contributed by atoms with Crippen LogP contribution in [0, 0.1) is 0 Å². The average molecular weight is 420 g/mol. The first-order valence-electron chi connectivity index (χ1n) is 10.9. The van der Waals surface area contributed by atoms with E-state index in [4.69, 9.17) is 4.42 Å². The lowest BCUT2D eigenvalue weighted by Gasteiger charge is -2.36. The van der Waals surface area contributed by atoms with Crippen LogP contribution in [0.4, 0.5) is 0 Å². The van der Waals surface area contributed by atoms with E-state index in [1.165, 1.54) is 0 Å².